The summed E-state index contributed by atoms with van der Waals surface area (Å²) in [5.74, 6) is 2.30. The van der Waals surface area contributed by atoms with E-state index < -0.39 is 53.5 Å². The van der Waals surface area contributed by atoms with E-state index in [0.29, 0.717) is 25.9 Å². The van der Waals surface area contributed by atoms with E-state index in [1.54, 1.807) is 70.0 Å². The molecule has 0 radical (unpaired) electrons. The second-order valence-corrected chi connectivity index (χ2v) is 25.6. The lowest BCUT2D eigenvalue weighted by molar-refractivity contribution is -0.152. The van der Waals surface area contributed by atoms with Crippen molar-refractivity contribution < 1.29 is 48.1 Å². The molecule has 4 heterocycles. The number of hydrogen-bond acceptors (Lipinski definition) is 13. The van der Waals surface area contributed by atoms with Crippen LogP contribution in [-0.2, 0) is 33.4 Å². The molecule has 14 nitrogen and oxygen atoms in total. The zero-order valence-corrected chi connectivity index (χ0v) is 40.5. The van der Waals surface area contributed by atoms with Gasteiger partial charge in [-0.2, -0.15) is 0 Å². The number of carbonyl (C=O) groups is 6. The summed E-state index contributed by atoms with van der Waals surface area (Å²) in [7, 11) is 1.37. The number of carbonyl (C=O) groups excluding carboxylic acids is 5. The second kappa shape index (κ2) is 21.7. The molecule has 4 atom stereocenters. The first-order valence-corrected chi connectivity index (χ1v) is 26.1. The van der Waals surface area contributed by atoms with Crippen molar-refractivity contribution in [1.82, 2.24) is 20.4 Å². The number of ether oxygens (including phenoxy) is 3. The molecule has 3 N–H and O–H groups in total. The average Bonchev–Trinajstić information content (AvgIpc) is 3.77. The van der Waals surface area contributed by atoms with Gasteiger partial charge in [0, 0.05) is 25.9 Å². The Labute approximate surface area is 379 Å². The fourth-order valence-electron chi connectivity index (χ4n) is 9.28. The minimum absolute atomic E-state index is 0.0106. The van der Waals surface area contributed by atoms with Crippen molar-refractivity contribution in [2.45, 2.75) is 175 Å². The van der Waals surface area contributed by atoms with Gasteiger partial charge >= 0.3 is 24.1 Å². The van der Waals surface area contributed by atoms with E-state index in [4.69, 9.17) is 14.2 Å². The lowest BCUT2D eigenvalue weighted by Gasteiger charge is -2.35. The molecule has 61 heavy (non-hydrogen) atoms. The van der Waals surface area contributed by atoms with Gasteiger partial charge in [-0.05, 0) is 115 Å². The van der Waals surface area contributed by atoms with E-state index in [0.717, 1.165) is 100 Å². The number of hydrogen-bond donors (Lipinski definition) is 3. The highest BCUT2D eigenvalue weighted by Crippen LogP contribution is 2.52. The van der Waals surface area contributed by atoms with Gasteiger partial charge in [0.25, 0.3) is 0 Å². The smallest absolute Gasteiger partial charge is 0.408 e. The molecule has 6 aliphatic rings. The second-order valence-electron chi connectivity index (χ2n) is 19.2. The Morgan fingerprint density at radius 3 is 1.30 bits per heavy atom. The molecule has 6 rings (SSSR count). The first-order chi connectivity index (χ1) is 28.7. The number of esters is 1. The van der Waals surface area contributed by atoms with E-state index in [-0.39, 0.29) is 37.8 Å². The Bertz CT molecular complexity index is 1550. The number of alkyl carbamates (subject to hydrolysis) is 2. The van der Waals surface area contributed by atoms with Crippen molar-refractivity contribution in [2.24, 2.45) is 11.8 Å². The molecule has 2 saturated carbocycles. The number of amides is 4. The van der Waals surface area contributed by atoms with Gasteiger partial charge in [0.15, 0.2) is 0 Å². The summed E-state index contributed by atoms with van der Waals surface area (Å²) in [5, 5.41) is 15.5. The van der Waals surface area contributed by atoms with E-state index in [1.807, 2.05) is 23.5 Å². The van der Waals surface area contributed by atoms with Gasteiger partial charge in [-0.3, -0.25) is 9.59 Å². The summed E-state index contributed by atoms with van der Waals surface area (Å²) in [6.07, 6.45) is 12.0. The molecule has 4 saturated heterocycles. The fourth-order valence-corrected chi connectivity index (χ4v) is 16.0. The van der Waals surface area contributed by atoms with Crippen LogP contribution >= 0.6 is 47.0 Å². The number of methoxy groups -OCH3 is 1. The van der Waals surface area contributed by atoms with E-state index in [1.165, 1.54) is 12.0 Å². The monoisotopic (exact) mass is 930 g/mol. The number of aliphatic carboxylic acids is 1. The predicted octanol–water partition coefficient (Wildman–Crippen LogP) is 7.51. The molecule has 346 valence electrons. The Balaban J connectivity index is 0.000000231. The van der Waals surface area contributed by atoms with Crippen molar-refractivity contribution in [1.29, 1.82) is 0 Å². The van der Waals surface area contributed by atoms with E-state index in [2.05, 4.69) is 10.6 Å². The van der Waals surface area contributed by atoms with Crippen LogP contribution in [0.5, 0.6) is 0 Å². The maximum absolute atomic E-state index is 13.8. The highest BCUT2D eigenvalue weighted by molar-refractivity contribution is 8.19. The highest BCUT2D eigenvalue weighted by atomic mass is 32.2. The third-order valence-electron chi connectivity index (χ3n) is 12.1. The van der Waals surface area contributed by atoms with Gasteiger partial charge < -0.3 is 39.8 Å². The molecule has 18 heteroatoms. The lowest BCUT2D eigenvalue weighted by atomic mass is 9.83. The van der Waals surface area contributed by atoms with Crippen LogP contribution in [0.2, 0.25) is 0 Å². The van der Waals surface area contributed by atoms with Crippen LogP contribution in [0.3, 0.4) is 0 Å². The Morgan fingerprint density at radius 1 is 0.590 bits per heavy atom. The van der Waals surface area contributed by atoms with Gasteiger partial charge in [0.1, 0.15) is 35.4 Å². The fraction of sp³-hybridized carbons (Fsp3) is 0.860. The van der Waals surface area contributed by atoms with Crippen molar-refractivity contribution in [3.8, 4) is 0 Å². The Kier molecular flexibility index (Phi) is 17.7. The molecule has 0 aromatic rings. The summed E-state index contributed by atoms with van der Waals surface area (Å²) in [6, 6.07) is -2.88. The van der Waals surface area contributed by atoms with Crippen LogP contribution in [0, 0.1) is 11.8 Å². The van der Waals surface area contributed by atoms with Crippen molar-refractivity contribution in [3.05, 3.63) is 0 Å². The molecule has 4 amide bonds. The van der Waals surface area contributed by atoms with Crippen LogP contribution in [0.1, 0.15) is 131 Å². The van der Waals surface area contributed by atoms with Crippen molar-refractivity contribution >= 4 is 83.0 Å². The predicted molar refractivity (Wildman–Crippen MR) is 244 cm³/mol. The van der Waals surface area contributed by atoms with Gasteiger partial charge in [-0.1, -0.05) is 38.5 Å². The Morgan fingerprint density at radius 2 is 0.951 bits per heavy atom. The summed E-state index contributed by atoms with van der Waals surface area (Å²) >= 11 is 7.25. The SMILES string of the molecule is CC(C)(C)OC(=O)NC(C(=O)N1CC2(C[C@H]1C(=O)O)SCCCS2)C1CCCCC1.COC(=O)[C@@H]1CC2(CN1C(=O)C(NC(=O)OC(C)(C)C)C1CCCCC1)SCCCS2. The first kappa shape index (κ1) is 49.8. The van der Waals surface area contributed by atoms with E-state index in [9.17, 15) is 33.9 Å². The molecular weight excluding hydrogens is 861 g/mol. The number of rotatable bonds is 8. The molecule has 0 bridgehead atoms. The van der Waals surface area contributed by atoms with Gasteiger partial charge in [-0.25, -0.2) is 19.2 Å². The normalized spacial score (nSPS) is 25.4. The molecule has 0 aromatic heterocycles. The average molecular weight is 931 g/mol. The molecule has 0 aromatic carbocycles. The summed E-state index contributed by atoms with van der Waals surface area (Å²) in [6.45, 7) is 11.7. The maximum Gasteiger partial charge on any atom is 0.408 e. The standard InChI is InChI=1S/C22H36N2O5S2.C21H34N2O5S2/c1-21(2,3)29-20(27)23-17(15-9-6-5-7-10-15)18(25)24-14-22(30-11-8-12-31-22)13-16(24)19(26)28-4;1-20(2,3)28-19(27)22-16(14-8-5-4-6-9-14)17(24)23-13-21(12-15(23)18(25)26)29-10-7-11-30-21/h15-17H,5-14H2,1-4H3,(H,23,27);14-16H,4-13H2,1-3H3,(H,22,27)(H,25,26)/t16-,17?;15-,16?/m00/s1. The third-order valence-corrected chi connectivity index (χ3v) is 18.7. The topological polar surface area (TPSA) is 181 Å². The van der Waals surface area contributed by atoms with Crippen LogP contribution in [0.25, 0.3) is 0 Å². The quantitative estimate of drug-likeness (QED) is 0.161. The summed E-state index contributed by atoms with van der Waals surface area (Å²) in [4.78, 5) is 80.4. The highest BCUT2D eigenvalue weighted by Gasteiger charge is 2.54. The molecule has 2 spiro atoms. The zero-order valence-electron chi connectivity index (χ0n) is 37.3. The van der Waals surface area contributed by atoms with Crippen LogP contribution in [0.15, 0.2) is 0 Å². The van der Waals surface area contributed by atoms with Gasteiger partial charge in [-0.15, -0.1) is 47.0 Å². The number of likely N-dealkylation sites (tertiary alicyclic amines) is 2. The number of nitrogens with zero attached hydrogens (tertiary/aromatic N) is 2. The zero-order chi connectivity index (χ0) is 44.6. The first-order valence-electron chi connectivity index (χ1n) is 22.2. The summed E-state index contributed by atoms with van der Waals surface area (Å²) < 4.78 is 15.5. The third kappa shape index (κ3) is 13.9. The van der Waals surface area contributed by atoms with Crippen LogP contribution in [0.4, 0.5) is 9.59 Å². The minimum atomic E-state index is -0.966. The van der Waals surface area contributed by atoms with E-state index >= 15 is 0 Å². The van der Waals surface area contributed by atoms with Crippen molar-refractivity contribution in [2.75, 3.05) is 43.2 Å². The number of carboxylic acids is 1. The minimum Gasteiger partial charge on any atom is -0.480 e. The maximum atomic E-state index is 13.8. The number of carboxylic acid groups (broad SMARTS) is 1. The molecule has 2 unspecified atom stereocenters. The molecule has 2 aliphatic carbocycles. The van der Waals surface area contributed by atoms with Crippen molar-refractivity contribution in [3.63, 3.8) is 0 Å². The number of nitrogens with one attached hydrogen (secondary N) is 2. The van der Waals surface area contributed by atoms with Gasteiger partial charge in [0.05, 0.1) is 15.3 Å². The van der Waals surface area contributed by atoms with Gasteiger partial charge in [0.2, 0.25) is 11.8 Å². The Hall–Kier alpha value is -2.18. The lowest BCUT2D eigenvalue weighted by Crippen LogP contribution is -2.56. The van der Waals surface area contributed by atoms with Crippen LogP contribution in [-0.4, -0.2) is 138 Å². The molecule has 4 aliphatic heterocycles. The number of thioether (sulfide) groups is 4. The van der Waals surface area contributed by atoms with Crippen LogP contribution < -0.4 is 10.6 Å². The largest absolute Gasteiger partial charge is 0.480 e. The molecule has 6 fully saturated rings. The molecular formula is C43H70N4O10S4. The summed E-state index contributed by atoms with van der Waals surface area (Å²) in [5.41, 5.74) is -1.31.